The van der Waals surface area contributed by atoms with Crippen molar-refractivity contribution >= 4 is 0 Å². The van der Waals surface area contributed by atoms with E-state index in [2.05, 4.69) is 54.4 Å². The number of nitrogens with zero attached hydrogens (tertiary/aromatic N) is 1. The van der Waals surface area contributed by atoms with Gasteiger partial charge < -0.3 is 5.32 Å². The highest BCUT2D eigenvalue weighted by atomic mass is 15.1. The molecule has 2 nitrogen and oxygen atoms in total. The van der Waals surface area contributed by atoms with Crippen LogP contribution in [0.3, 0.4) is 0 Å². The van der Waals surface area contributed by atoms with Gasteiger partial charge in [-0.25, -0.2) is 0 Å². The standard InChI is InChI=1S/C17H28N2/c1-3-7-15(2)18-17-10-12-19(13-11-17)14-16-8-5-4-6-9-16/h4-6,8-9,15,17-18H,3,7,10-14H2,1-2H3. The minimum absolute atomic E-state index is 0.677. The van der Waals surface area contributed by atoms with Gasteiger partial charge in [0.15, 0.2) is 0 Å². The molecule has 2 heteroatoms. The van der Waals surface area contributed by atoms with Crippen LogP contribution in [0, 0.1) is 0 Å². The fraction of sp³-hybridized carbons (Fsp3) is 0.647. The molecule has 2 rings (SSSR count). The Morgan fingerprint density at radius 2 is 1.89 bits per heavy atom. The zero-order chi connectivity index (χ0) is 13.5. The van der Waals surface area contributed by atoms with Crippen LogP contribution in [0.25, 0.3) is 0 Å². The summed E-state index contributed by atoms with van der Waals surface area (Å²) in [4.78, 5) is 2.58. The van der Waals surface area contributed by atoms with Gasteiger partial charge in [-0.15, -0.1) is 0 Å². The minimum Gasteiger partial charge on any atom is -0.311 e. The fourth-order valence-corrected chi connectivity index (χ4v) is 3.02. The second-order valence-corrected chi connectivity index (χ2v) is 5.89. The molecular weight excluding hydrogens is 232 g/mol. The Morgan fingerprint density at radius 3 is 2.53 bits per heavy atom. The lowest BCUT2D eigenvalue weighted by Gasteiger charge is -2.34. The lowest BCUT2D eigenvalue weighted by Crippen LogP contribution is -2.45. The third-order valence-electron chi connectivity index (χ3n) is 4.08. The molecule has 0 aliphatic carbocycles. The summed E-state index contributed by atoms with van der Waals surface area (Å²) in [5.74, 6) is 0. The zero-order valence-electron chi connectivity index (χ0n) is 12.4. The molecule has 1 aromatic carbocycles. The molecule has 0 amide bonds. The first-order chi connectivity index (χ1) is 9.28. The third-order valence-corrected chi connectivity index (χ3v) is 4.08. The van der Waals surface area contributed by atoms with Crippen molar-refractivity contribution in [3.8, 4) is 0 Å². The van der Waals surface area contributed by atoms with Crippen LogP contribution >= 0.6 is 0 Å². The summed E-state index contributed by atoms with van der Waals surface area (Å²) in [5, 5.41) is 3.78. The van der Waals surface area contributed by atoms with Gasteiger partial charge in [-0.05, 0) is 44.8 Å². The molecule has 19 heavy (non-hydrogen) atoms. The third kappa shape index (κ3) is 4.96. The molecule has 1 N–H and O–H groups in total. The molecular formula is C17H28N2. The van der Waals surface area contributed by atoms with E-state index >= 15 is 0 Å². The van der Waals surface area contributed by atoms with Crippen LogP contribution in [0.2, 0.25) is 0 Å². The van der Waals surface area contributed by atoms with Gasteiger partial charge in [-0.1, -0.05) is 43.7 Å². The Hall–Kier alpha value is -0.860. The summed E-state index contributed by atoms with van der Waals surface area (Å²) in [6.07, 6.45) is 5.16. The molecule has 1 unspecified atom stereocenters. The van der Waals surface area contributed by atoms with E-state index in [1.807, 2.05) is 0 Å². The van der Waals surface area contributed by atoms with Crippen molar-refractivity contribution in [2.75, 3.05) is 13.1 Å². The molecule has 1 fully saturated rings. The first kappa shape index (κ1) is 14.5. The Bertz CT molecular complexity index is 342. The molecule has 1 saturated heterocycles. The first-order valence-electron chi connectivity index (χ1n) is 7.80. The van der Waals surface area contributed by atoms with E-state index in [0.717, 1.165) is 12.6 Å². The largest absolute Gasteiger partial charge is 0.311 e. The average molecular weight is 260 g/mol. The highest BCUT2D eigenvalue weighted by molar-refractivity contribution is 5.14. The van der Waals surface area contributed by atoms with Crippen molar-refractivity contribution in [2.45, 2.75) is 58.2 Å². The molecule has 0 aromatic heterocycles. The second kappa shape index (κ2) is 7.66. The van der Waals surface area contributed by atoms with Gasteiger partial charge >= 0.3 is 0 Å². The normalized spacial score (nSPS) is 19.5. The summed E-state index contributed by atoms with van der Waals surface area (Å²) in [5.41, 5.74) is 1.44. The highest BCUT2D eigenvalue weighted by Gasteiger charge is 2.19. The van der Waals surface area contributed by atoms with E-state index in [4.69, 9.17) is 0 Å². The maximum Gasteiger partial charge on any atom is 0.0233 e. The van der Waals surface area contributed by atoms with Crippen molar-refractivity contribution in [1.82, 2.24) is 10.2 Å². The Kier molecular flexibility index (Phi) is 5.87. The van der Waals surface area contributed by atoms with Crippen molar-refractivity contribution in [2.24, 2.45) is 0 Å². The lowest BCUT2D eigenvalue weighted by molar-refractivity contribution is 0.184. The number of piperidine rings is 1. The van der Waals surface area contributed by atoms with Gasteiger partial charge in [-0.3, -0.25) is 4.90 Å². The SMILES string of the molecule is CCCC(C)NC1CCN(Cc2ccccc2)CC1. The zero-order valence-corrected chi connectivity index (χ0v) is 12.4. The molecule has 106 valence electrons. The number of hydrogen-bond acceptors (Lipinski definition) is 2. The van der Waals surface area contributed by atoms with E-state index in [1.54, 1.807) is 0 Å². The van der Waals surface area contributed by atoms with E-state index in [1.165, 1.54) is 44.3 Å². The predicted octanol–water partition coefficient (Wildman–Crippen LogP) is 3.43. The second-order valence-electron chi connectivity index (χ2n) is 5.89. The minimum atomic E-state index is 0.677. The summed E-state index contributed by atoms with van der Waals surface area (Å²) in [6.45, 7) is 8.15. The molecule has 0 saturated carbocycles. The average Bonchev–Trinajstić information content (AvgIpc) is 2.42. The Balaban J connectivity index is 1.70. The quantitative estimate of drug-likeness (QED) is 0.843. The van der Waals surface area contributed by atoms with Crippen molar-refractivity contribution in [3.05, 3.63) is 35.9 Å². The van der Waals surface area contributed by atoms with Gasteiger partial charge in [0.25, 0.3) is 0 Å². The number of benzene rings is 1. The lowest BCUT2D eigenvalue weighted by atomic mass is 10.0. The molecule has 0 spiro atoms. The van der Waals surface area contributed by atoms with Crippen LogP contribution in [0.5, 0.6) is 0 Å². The van der Waals surface area contributed by atoms with Gasteiger partial charge in [0.2, 0.25) is 0 Å². The van der Waals surface area contributed by atoms with Crippen LogP contribution in [-0.4, -0.2) is 30.1 Å². The molecule has 1 aliphatic heterocycles. The Morgan fingerprint density at radius 1 is 1.21 bits per heavy atom. The molecule has 1 atom stereocenters. The van der Waals surface area contributed by atoms with Crippen molar-refractivity contribution in [1.29, 1.82) is 0 Å². The van der Waals surface area contributed by atoms with Gasteiger partial charge in [0.1, 0.15) is 0 Å². The van der Waals surface area contributed by atoms with E-state index < -0.39 is 0 Å². The van der Waals surface area contributed by atoms with E-state index in [0.29, 0.717) is 6.04 Å². The maximum atomic E-state index is 3.78. The van der Waals surface area contributed by atoms with Gasteiger partial charge in [-0.2, -0.15) is 0 Å². The van der Waals surface area contributed by atoms with E-state index in [-0.39, 0.29) is 0 Å². The van der Waals surface area contributed by atoms with Crippen LogP contribution in [0.15, 0.2) is 30.3 Å². The van der Waals surface area contributed by atoms with Crippen LogP contribution < -0.4 is 5.32 Å². The number of likely N-dealkylation sites (tertiary alicyclic amines) is 1. The topological polar surface area (TPSA) is 15.3 Å². The summed E-state index contributed by atoms with van der Waals surface area (Å²) in [7, 11) is 0. The number of hydrogen-bond donors (Lipinski definition) is 1. The first-order valence-corrected chi connectivity index (χ1v) is 7.80. The number of nitrogens with one attached hydrogen (secondary N) is 1. The van der Waals surface area contributed by atoms with E-state index in [9.17, 15) is 0 Å². The molecule has 1 aromatic rings. The van der Waals surface area contributed by atoms with Crippen LogP contribution in [0.1, 0.15) is 45.1 Å². The highest BCUT2D eigenvalue weighted by Crippen LogP contribution is 2.14. The Labute approximate surface area is 118 Å². The van der Waals surface area contributed by atoms with Crippen molar-refractivity contribution < 1.29 is 0 Å². The molecule has 1 heterocycles. The van der Waals surface area contributed by atoms with Crippen LogP contribution in [-0.2, 0) is 6.54 Å². The van der Waals surface area contributed by atoms with Crippen molar-refractivity contribution in [3.63, 3.8) is 0 Å². The smallest absolute Gasteiger partial charge is 0.0233 e. The molecule has 1 aliphatic rings. The summed E-state index contributed by atoms with van der Waals surface area (Å²) in [6, 6.07) is 12.2. The summed E-state index contributed by atoms with van der Waals surface area (Å²) < 4.78 is 0. The number of rotatable bonds is 6. The molecule has 0 bridgehead atoms. The van der Waals surface area contributed by atoms with Crippen LogP contribution in [0.4, 0.5) is 0 Å². The van der Waals surface area contributed by atoms with Gasteiger partial charge in [0.05, 0.1) is 0 Å². The predicted molar refractivity (Wildman–Crippen MR) is 82.2 cm³/mol. The van der Waals surface area contributed by atoms with Gasteiger partial charge in [0, 0.05) is 18.6 Å². The monoisotopic (exact) mass is 260 g/mol. The fourth-order valence-electron chi connectivity index (χ4n) is 3.02. The molecule has 0 radical (unpaired) electrons. The summed E-state index contributed by atoms with van der Waals surface area (Å²) >= 11 is 0. The maximum absolute atomic E-state index is 3.78.